The quantitative estimate of drug-likeness (QED) is 0.630. The zero-order valence-corrected chi connectivity index (χ0v) is 8.29. The highest BCUT2D eigenvalue weighted by molar-refractivity contribution is 5.80. The van der Waals surface area contributed by atoms with Gasteiger partial charge >= 0.3 is 0 Å². The third kappa shape index (κ3) is 1.84. The van der Waals surface area contributed by atoms with Crippen molar-refractivity contribution in [3.8, 4) is 0 Å². The van der Waals surface area contributed by atoms with Crippen LogP contribution in [0.1, 0.15) is 12.8 Å². The largest absolute Gasteiger partial charge is 0.304 e. The number of hydrogen-bond acceptors (Lipinski definition) is 3. The van der Waals surface area contributed by atoms with Gasteiger partial charge in [0.2, 0.25) is 0 Å². The van der Waals surface area contributed by atoms with Crippen LogP contribution in [-0.2, 0) is 0 Å². The van der Waals surface area contributed by atoms with Crippen molar-refractivity contribution >= 4 is 5.84 Å². The Balaban J connectivity index is 1.90. The SMILES string of the molecule is CN1CCN(N2CCCC2=N)CC1. The summed E-state index contributed by atoms with van der Waals surface area (Å²) in [4.78, 5) is 2.34. The van der Waals surface area contributed by atoms with Crippen LogP contribution in [-0.4, -0.2) is 60.5 Å². The summed E-state index contributed by atoms with van der Waals surface area (Å²) in [6.45, 7) is 5.48. The van der Waals surface area contributed by atoms with Gasteiger partial charge in [0.25, 0.3) is 0 Å². The first-order chi connectivity index (χ1) is 6.27. The molecule has 0 unspecified atom stereocenters. The van der Waals surface area contributed by atoms with E-state index in [0.717, 1.165) is 51.4 Å². The number of amidine groups is 1. The second-order valence-corrected chi connectivity index (χ2v) is 3.93. The molecule has 13 heavy (non-hydrogen) atoms. The van der Waals surface area contributed by atoms with Crippen LogP contribution < -0.4 is 0 Å². The third-order valence-electron chi connectivity index (χ3n) is 2.92. The molecular formula is C9H18N4. The Morgan fingerprint density at radius 2 is 1.77 bits per heavy atom. The maximum absolute atomic E-state index is 7.76. The smallest absolute Gasteiger partial charge is 0.110 e. The van der Waals surface area contributed by atoms with Crippen LogP contribution in [0.5, 0.6) is 0 Å². The average Bonchev–Trinajstić information content (AvgIpc) is 2.53. The van der Waals surface area contributed by atoms with Gasteiger partial charge in [-0.25, -0.2) is 5.01 Å². The van der Waals surface area contributed by atoms with E-state index >= 15 is 0 Å². The van der Waals surface area contributed by atoms with Crippen molar-refractivity contribution in [2.45, 2.75) is 12.8 Å². The molecule has 0 spiro atoms. The average molecular weight is 182 g/mol. The maximum Gasteiger partial charge on any atom is 0.110 e. The van der Waals surface area contributed by atoms with Gasteiger partial charge in [-0.1, -0.05) is 0 Å². The standard InChI is InChI=1S/C9H18N4/c1-11-5-7-12(8-6-11)13-4-2-3-9(13)10/h10H,2-8H2,1H3. The number of hydrogen-bond donors (Lipinski definition) is 1. The Morgan fingerprint density at radius 1 is 1.08 bits per heavy atom. The van der Waals surface area contributed by atoms with Crippen LogP contribution in [0.2, 0.25) is 0 Å². The zero-order valence-electron chi connectivity index (χ0n) is 8.29. The normalized spacial score (nSPS) is 27.2. The highest BCUT2D eigenvalue weighted by Crippen LogP contribution is 2.14. The van der Waals surface area contributed by atoms with Crippen molar-refractivity contribution in [3.05, 3.63) is 0 Å². The molecule has 4 heteroatoms. The zero-order chi connectivity index (χ0) is 9.26. The second-order valence-electron chi connectivity index (χ2n) is 3.93. The highest BCUT2D eigenvalue weighted by atomic mass is 15.6. The topological polar surface area (TPSA) is 33.6 Å². The third-order valence-corrected chi connectivity index (χ3v) is 2.92. The van der Waals surface area contributed by atoms with Crippen LogP contribution in [0.3, 0.4) is 0 Å². The van der Waals surface area contributed by atoms with Gasteiger partial charge in [-0.15, -0.1) is 0 Å². The molecule has 2 aliphatic rings. The molecule has 2 fully saturated rings. The van der Waals surface area contributed by atoms with E-state index in [1.807, 2.05) is 0 Å². The van der Waals surface area contributed by atoms with Crippen LogP contribution >= 0.6 is 0 Å². The minimum absolute atomic E-state index is 0.810. The summed E-state index contributed by atoms with van der Waals surface area (Å²) in [5.74, 6) is 0.810. The fraction of sp³-hybridized carbons (Fsp3) is 0.889. The Hall–Kier alpha value is -0.610. The van der Waals surface area contributed by atoms with Crippen molar-refractivity contribution in [2.75, 3.05) is 39.8 Å². The molecule has 0 aromatic rings. The lowest BCUT2D eigenvalue weighted by molar-refractivity contribution is 0.00986. The molecule has 0 aliphatic carbocycles. The molecule has 0 bridgehead atoms. The van der Waals surface area contributed by atoms with Crippen LogP contribution in [0, 0.1) is 5.41 Å². The van der Waals surface area contributed by atoms with E-state index in [-0.39, 0.29) is 0 Å². The summed E-state index contributed by atoms with van der Waals surface area (Å²) in [6.07, 6.45) is 2.12. The number of nitrogens with one attached hydrogen (secondary N) is 1. The first-order valence-electron chi connectivity index (χ1n) is 5.06. The van der Waals surface area contributed by atoms with E-state index in [1.165, 1.54) is 0 Å². The van der Waals surface area contributed by atoms with Crippen molar-refractivity contribution in [3.63, 3.8) is 0 Å². The molecule has 0 radical (unpaired) electrons. The van der Waals surface area contributed by atoms with Gasteiger partial charge < -0.3 is 4.90 Å². The van der Waals surface area contributed by atoms with Gasteiger partial charge in [0.1, 0.15) is 5.84 Å². The minimum atomic E-state index is 0.810. The first-order valence-corrected chi connectivity index (χ1v) is 5.06. The Kier molecular flexibility index (Phi) is 2.51. The van der Waals surface area contributed by atoms with Crippen LogP contribution in [0.25, 0.3) is 0 Å². The predicted molar refractivity (Wildman–Crippen MR) is 52.7 cm³/mol. The van der Waals surface area contributed by atoms with E-state index in [0.29, 0.717) is 0 Å². The second kappa shape index (κ2) is 3.64. The highest BCUT2D eigenvalue weighted by Gasteiger charge is 2.25. The molecule has 0 aromatic carbocycles. The molecule has 2 rings (SSSR count). The number of likely N-dealkylation sites (N-methyl/N-ethyl adjacent to an activating group) is 1. The van der Waals surface area contributed by atoms with Gasteiger partial charge in [-0.3, -0.25) is 10.4 Å². The Labute approximate surface area is 79.6 Å². The van der Waals surface area contributed by atoms with Gasteiger partial charge in [0, 0.05) is 39.1 Å². The molecule has 2 heterocycles. The molecule has 0 aromatic heterocycles. The van der Waals surface area contributed by atoms with Gasteiger partial charge in [-0.05, 0) is 13.5 Å². The van der Waals surface area contributed by atoms with Crippen LogP contribution in [0.4, 0.5) is 0 Å². The van der Waals surface area contributed by atoms with Gasteiger partial charge in [0.15, 0.2) is 0 Å². The monoisotopic (exact) mass is 182 g/mol. The molecular weight excluding hydrogens is 164 g/mol. The van der Waals surface area contributed by atoms with Gasteiger partial charge in [-0.2, -0.15) is 0 Å². The molecule has 0 amide bonds. The number of rotatable bonds is 1. The summed E-state index contributed by atoms with van der Waals surface area (Å²) < 4.78 is 0. The number of hydrazine groups is 1. The van der Waals surface area contributed by atoms with Crippen molar-refractivity contribution < 1.29 is 0 Å². The predicted octanol–water partition coefficient (Wildman–Crippen LogP) is 0.222. The summed E-state index contributed by atoms with van der Waals surface area (Å²) in [7, 11) is 2.16. The number of piperazine rings is 1. The lowest BCUT2D eigenvalue weighted by Gasteiger charge is -2.38. The molecule has 0 atom stereocenters. The summed E-state index contributed by atoms with van der Waals surface area (Å²) in [5, 5.41) is 12.3. The molecule has 2 aliphatic heterocycles. The summed E-state index contributed by atoms with van der Waals surface area (Å²) in [5.41, 5.74) is 0. The molecule has 1 N–H and O–H groups in total. The Bertz CT molecular complexity index is 196. The van der Waals surface area contributed by atoms with Crippen molar-refractivity contribution in [2.24, 2.45) is 0 Å². The minimum Gasteiger partial charge on any atom is -0.304 e. The first kappa shape index (κ1) is 8.97. The maximum atomic E-state index is 7.76. The number of nitrogens with zero attached hydrogens (tertiary/aromatic N) is 3. The fourth-order valence-electron chi connectivity index (χ4n) is 2.01. The summed E-state index contributed by atoms with van der Waals surface area (Å²) in [6, 6.07) is 0. The summed E-state index contributed by atoms with van der Waals surface area (Å²) >= 11 is 0. The lowest BCUT2D eigenvalue weighted by Crippen LogP contribution is -2.53. The van der Waals surface area contributed by atoms with E-state index in [1.54, 1.807) is 0 Å². The molecule has 4 nitrogen and oxygen atoms in total. The Morgan fingerprint density at radius 3 is 2.31 bits per heavy atom. The van der Waals surface area contributed by atoms with Crippen LogP contribution in [0.15, 0.2) is 0 Å². The van der Waals surface area contributed by atoms with E-state index in [4.69, 9.17) is 5.41 Å². The fourth-order valence-corrected chi connectivity index (χ4v) is 2.01. The van der Waals surface area contributed by atoms with E-state index in [2.05, 4.69) is 22.0 Å². The molecule has 74 valence electrons. The van der Waals surface area contributed by atoms with E-state index < -0.39 is 0 Å². The molecule has 2 saturated heterocycles. The van der Waals surface area contributed by atoms with E-state index in [9.17, 15) is 0 Å². The van der Waals surface area contributed by atoms with Gasteiger partial charge in [0.05, 0.1) is 0 Å². The van der Waals surface area contributed by atoms with Crippen molar-refractivity contribution in [1.82, 2.24) is 14.9 Å². The molecule has 0 saturated carbocycles. The van der Waals surface area contributed by atoms with Crippen molar-refractivity contribution in [1.29, 1.82) is 5.41 Å². The lowest BCUT2D eigenvalue weighted by atomic mass is 10.4.